The lowest BCUT2D eigenvalue weighted by Crippen LogP contribution is -2.40. The summed E-state index contributed by atoms with van der Waals surface area (Å²) >= 11 is 0. The Morgan fingerprint density at radius 3 is 2.39 bits per heavy atom. The molecule has 0 unspecified atom stereocenters. The lowest BCUT2D eigenvalue weighted by atomic mass is 10.0. The smallest absolute Gasteiger partial charge is 0.241 e. The van der Waals surface area contributed by atoms with Crippen LogP contribution in [0.1, 0.15) is 24.0 Å². The van der Waals surface area contributed by atoms with Crippen LogP contribution in [0.5, 0.6) is 0 Å². The van der Waals surface area contributed by atoms with Crippen molar-refractivity contribution in [1.82, 2.24) is 10.2 Å². The van der Waals surface area contributed by atoms with Crippen LogP contribution in [0.15, 0.2) is 42.5 Å². The van der Waals surface area contributed by atoms with Gasteiger partial charge in [-0.2, -0.15) is 5.26 Å². The molecule has 1 aliphatic heterocycles. The maximum atomic E-state index is 12.1. The third-order valence-corrected chi connectivity index (χ3v) is 4.92. The number of carbonyl (C=O) groups is 2. The first kappa shape index (κ1) is 19.4. The third kappa shape index (κ3) is 4.89. The number of nitrogens with one attached hydrogen (secondary N) is 2. The number of carbonyl (C=O) groups excluding carboxylic acids is 2. The number of aryl methyl sites for hydroxylation is 1. The molecule has 3 rings (SSSR count). The van der Waals surface area contributed by atoms with Crippen LogP contribution in [0.25, 0.3) is 11.1 Å². The van der Waals surface area contributed by atoms with Crippen LogP contribution >= 0.6 is 0 Å². The molecule has 0 aliphatic carbocycles. The molecule has 28 heavy (non-hydrogen) atoms. The van der Waals surface area contributed by atoms with E-state index < -0.39 is 0 Å². The van der Waals surface area contributed by atoms with Crippen LogP contribution < -0.4 is 10.6 Å². The molecule has 2 aromatic rings. The number of nitriles is 1. The zero-order valence-electron chi connectivity index (χ0n) is 16.0. The second-order valence-electron chi connectivity index (χ2n) is 6.94. The largest absolute Gasteiger partial charge is 0.376 e. The van der Waals surface area contributed by atoms with Crippen molar-refractivity contribution in [2.75, 3.05) is 31.5 Å². The van der Waals surface area contributed by atoms with Gasteiger partial charge in [-0.3, -0.25) is 9.59 Å². The molecule has 2 aromatic carbocycles. The zero-order valence-corrected chi connectivity index (χ0v) is 16.0. The molecule has 0 spiro atoms. The normalized spacial score (nSPS) is 13.1. The SMILES string of the molecule is Cc1ccc(-c2ccc(C#N)cc2)cc1NCC(=O)NCC(=O)N1CCCC1. The van der Waals surface area contributed by atoms with E-state index in [1.54, 1.807) is 17.0 Å². The van der Waals surface area contributed by atoms with Gasteiger partial charge in [-0.05, 0) is 54.7 Å². The Hall–Kier alpha value is -3.33. The summed E-state index contributed by atoms with van der Waals surface area (Å²) in [7, 11) is 0. The Balaban J connectivity index is 1.56. The van der Waals surface area contributed by atoms with Gasteiger partial charge in [0.25, 0.3) is 0 Å². The number of anilines is 1. The van der Waals surface area contributed by atoms with E-state index in [1.807, 2.05) is 37.3 Å². The van der Waals surface area contributed by atoms with Crippen molar-refractivity contribution in [3.8, 4) is 17.2 Å². The molecule has 0 atom stereocenters. The molecule has 144 valence electrons. The number of benzene rings is 2. The molecule has 2 amide bonds. The summed E-state index contributed by atoms with van der Waals surface area (Å²) in [6.07, 6.45) is 2.08. The molecular weight excluding hydrogens is 352 g/mol. The highest BCUT2D eigenvalue weighted by molar-refractivity contribution is 5.87. The van der Waals surface area contributed by atoms with Gasteiger partial charge in [0, 0.05) is 18.8 Å². The number of nitrogens with zero attached hydrogens (tertiary/aromatic N) is 2. The Labute approximate surface area is 165 Å². The number of hydrogen-bond donors (Lipinski definition) is 2. The molecule has 2 N–H and O–H groups in total. The van der Waals surface area contributed by atoms with Crippen LogP contribution in [0.4, 0.5) is 5.69 Å². The number of hydrogen-bond acceptors (Lipinski definition) is 4. The standard InChI is InChI=1S/C22H24N4O2/c1-16-4-7-19(18-8-5-17(13-23)6-9-18)12-20(16)24-14-21(27)25-15-22(28)26-10-2-3-11-26/h4-9,12,24H,2-3,10-11,14-15H2,1H3,(H,25,27). The van der Waals surface area contributed by atoms with E-state index in [0.29, 0.717) is 5.56 Å². The number of amides is 2. The maximum absolute atomic E-state index is 12.1. The highest BCUT2D eigenvalue weighted by Gasteiger charge is 2.18. The van der Waals surface area contributed by atoms with Gasteiger partial charge in [-0.25, -0.2) is 0 Å². The highest BCUT2D eigenvalue weighted by Crippen LogP contribution is 2.25. The predicted octanol–water partition coefficient (Wildman–Crippen LogP) is 2.68. The van der Waals surface area contributed by atoms with Gasteiger partial charge in [0.2, 0.25) is 11.8 Å². The summed E-state index contributed by atoms with van der Waals surface area (Å²) < 4.78 is 0. The lowest BCUT2D eigenvalue weighted by Gasteiger charge is -2.16. The van der Waals surface area contributed by atoms with E-state index in [9.17, 15) is 9.59 Å². The van der Waals surface area contributed by atoms with Crippen molar-refractivity contribution in [3.63, 3.8) is 0 Å². The van der Waals surface area contributed by atoms with Crippen LogP contribution in [0.2, 0.25) is 0 Å². The topological polar surface area (TPSA) is 85.2 Å². The van der Waals surface area contributed by atoms with Crippen LogP contribution in [-0.2, 0) is 9.59 Å². The predicted molar refractivity (Wildman–Crippen MR) is 109 cm³/mol. The zero-order chi connectivity index (χ0) is 19.9. The summed E-state index contributed by atoms with van der Waals surface area (Å²) in [5.41, 5.74) is 4.51. The molecule has 1 heterocycles. The number of rotatable bonds is 6. The van der Waals surface area contributed by atoms with Gasteiger partial charge < -0.3 is 15.5 Å². The van der Waals surface area contributed by atoms with Gasteiger partial charge in [-0.15, -0.1) is 0 Å². The third-order valence-electron chi connectivity index (χ3n) is 4.92. The summed E-state index contributed by atoms with van der Waals surface area (Å²) in [5, 5.41) is 14.8. The second-order valence-corrected chi connectivity index (χ2v) is 6.94. The minimum absolute atomic E-state index is 0.0233. The van der Waals surface area contributed by atoms with Crippen LogP contribution in [-0.4, -0.2) is 42.9 Å². The van der Waals surface area contributed by atoms with Gasteiger partial charge in [0.1, 0.15) is 0 Å². The van der Waals surface area contributed by atoms with Gasteiger partial charge >= 0.3 is 0 Å². The molecule has 1 saturated heterocycles. The van der Waals surface area contributed by atoms with E-state index in [-0.39, 0.29) is 24.9 Å². The van der Waals surface area contributed by atoms with Crippen molar-refractivity contribution in [1.29, 1.82) is 5.26 Å². The Morgan fingerprint density at radius 1 is 1.04 bits per heavy atom. The first-order valence-corrected chi connectivity index (χ1v) is 9.46. The molecule has 1 aliphatic rings. The highest BCUT2D eigenvalue weighted by atomic mass is 16.2. The quantitative estimate of drug-likeness (QED) is 0.812. The molecule has 0 saturated carbocycles. The van der Waals surface area contributed by atoms with Gasteiger partial charge in [0.05, 0.1) is 24.7 Å². The van der Waals surface area contributed by atoms with E-state index in [1.165, 1.54) is 0 Å². The first-order chi connectivity index (χ1) is 13.6. The fourth-order valence-electron chi connectivity index (χ4n) is 3.22. The van der Waals surface area contributed by atoms with Crippen molar-refractivity contribution in [2.45, 2.75) is 19.8 Å². The molecule has 1 fully saturated rings. The van der Waals surface area contributed by atoms with Gasteiger partial charge in [0.15, 0.2) is 0 Å². The summed E-state index contributed by atoms with van der Waals surface area (Å²) in [6.45, 7) is 3.69. The Morgan fingerprint density at radius 2 is 1.71 bits per heavy atom. The molecule has 6 nitrogen and oxygen atoms in total. The first-order valence-electron chi connectivity index (χ1n) is 9.46. The van der Waals surface area contributed by atoms with Crippen molar-refractivity contribution < 1.29 is 9.59 Å². The van der Waals surface area contributed by atoms with E-state index in [4.69, 9.17) is 5.26 Å². The average molecular weight is 376 g/mol. The van der Waals surface area contributed by atoms with Crippen LogP contribution in [0, 0.1) is 18.3 Å². The second kappa shape index (κ2) is 9.05. The average Bonchev–Trinajstić information content (AvgIpc) is 3.26. The number of likely N-dealkylation sites (tertiary alicyclic amines) is 1. The van der Waals surface area contributed by atoms with E-state index >= 15 is 0 Å². The van der Waals surface area contributed by atoms with Crippen molar-refractivity contribution in [3.05, 3.63) is 53.6 Å². The van der Waals surface area contributed by atoms with E-state index in [2.05, 4.69) is 16.7 Å². The van der Waals surface area contributed by atoms with Crippen LogP contribution in [0.3, 0.4) is 0 Å². The summed E-state index contributed by atoms with van der Waals surface area (Å²) in [5.74, 6) is -0.236. The summed E-state index contributed by atoms with van der Waals surface area (Å²) in [4.78, 5) is 25.9. The van der Waals surface area contributed by atoms with E-state index in [0.717, 1.165) is 48.3 Å². The molecule has 0 bridgehead atoms. The molecule has 6 heteroatoms. The molecule has 0 radical (unpaired) electrons. The minimum atomic E-state index is -0.212. The minimum Gasteiger partial charge on any atom is -0.376 e. The van der Waals surface area contributed by atoms with Crippen molar-refractivity contribution in [2.24, 2.45) is 0 Å². The fraction of sp³-hybridized carbons (Fsp3) is 0.318. The molecule has 0 aromatic heterocycles. The molecular formula is C22H24N4O2. The maximum Gasteiger partial charge on any atom is 0.241 e. The fourth-order valence-corrected chi connectivity index (χ4v) is 3.22. The summed E-state index contributed by atoms with van der Waals surface area (Å²) in [6, 6.07) is 15.5. The monoisotopic (exact) mass is 376 g/mol. The van der Waals surface area contributed by atoms with Gasteiger partial charge in [-0.1, -0.05) is 24.3 Å². The lowest BCUT2D eigenvalue weighted by molar-refractivity contribution is -0.131. The van der Waals surface area contributed by atoms with Crippen molar-refractivity contribution >= 4 is 17.5 Å². The Kier molecular flexibility index (Phi) is 6.28. The Bertz CT molecular complexity index is 894.